The second kappa shape index (κ2) is 5.65. The number of terminal acetylenes is 1. The Morgan fingerprint density at radius 2 is 2.17 bits per heavy atom. The second-order valence-corrected chi connectivity index (χ2v) is 2.79. The molecular weight excluding hydrogens is 150 g/mol. The topological polar surface area (TPSA) is 20.3 Å². The van der Waals surface area contributed by atoms with Crippen LogP contribution >= 0.6 is 0 Å². The van der Waals surface area contributed by atoms with Crippen LogP contribution in [0.1, 0.15) is 27.2 Å². The van der Waals surface area contributed by atoms with Crippen LogP contribution in [-0.2, 0) is 4.79 Å². The van der Waals surface area contributed by atoms with E-state index in [9.17, 15) is 4.79 Å². The number of likely N-dealkylation sites (tertiary alicyclic amines) is 1. The zero-order valence-electron chi connectivity index (χ0n) is 8.13. The van der Waals surface area contributed by atoms with Gasteiger partial charge in [0.25, 0.3) is 5.91 Å². The first-order valence-corrected chi connectivity index (χ1v) is 4.49. The van der Waals surface area contributed by atoms with Crippen molar-refractivity contribution in [2.24, 2.45) is 5.92 Å². The molecule has 0 saturated carbocycles. The van der Waals surface area contributed by atoms with E-state index in [0.29, 0.717) is 5.92 Å². The van der Waals surface area contributed by atoms with Gasteiger partial charge in [0.15, 0.2) is 0 Å². The molecule has 68 valence electrons. The molecule has 1 amide bonds. The van der Waals surface area contributed by atoms with E-state index in [2.05, 4.69) is 12.8 Å². The first kappa shape index (κ1) is 11.0. The van der Waals surface area contributed by atoms with E-state index in [1.54, 1.807) is 4.90 Å². The average molecular weight is 167 g/mol. The number of hydrogen-bond acceptors (Lipinski definition) is 1. The van der Waals surface area contributed by atoms with E-state index < -0.39 is 0 Å². The van der Waals surface area contributed by atoms with Crippen LogP contribution in [0.15, 0.2) is 0 Å². The summed E-state index contributed by atoms with van der Waals surface area (Å²) in [6.07, 6.45) is 6.05. The van der Waals surface area contributed by atoms with Gasteiger partial charge in [0.2, 0.25) is 0 Å². The molecule has 1 unspecified atom stereocenters. The molecule has 0 radical (unpaired) electrons. The average Bonchev–Trinajstić information content (AvgIpc) is 2.54. The van der Waals surface area contributed by atoms with Gasteiger partial charge in [-0.3, -0.25) is 4.79 Å². The normalized spacial score (nSPS) is 20.8. The van der Waals surface area contributed by atoms with Gasteiger partial charge in [-0.25, -0.2) is 0 Å². The zero-order valence-corrected chi connectivity index (χ0v) is 8.13. The van der Waals surface area contributed by atoms with Crippen molar-refractivity contribution in [3.8, 4) is 12.3 Å². The summed E-state index contributed by atoms with van der Waals surface area (Å²) >= 11 is 0. The predicted octanol–water partition coefficient (Wildman–Crippen LogP) is 1.51. The van der Waals surface area contributed by atoms with Crippen molar-refractivity contribution in [1.29, 1.82) is 0 Å². The Balaban J connectivity index is 0.000000561. The van der Waals surface area contributed by atoms with E-state index in [4.69, 9.17) is 6.42 Å². The van der Waals surface area contributed by atoms with Crippen LogP contribution in [0.2, 0.25) is 0 Å². The van der Waals surface area contributed by atoms with Gasteiger partial charge >= 0.3 is 0 Å². The fraction of sp³-hybridized carbons (Fsp3) is 0.700. The van der Waals surface area contributed by atoms with Crippen molar-refractivity contribution < 1.29 is 4.79 Å². The molecule has 1 rings (SSSR count). The maximum atomic E-state index is 10.8. The third kappa shape index (κ3) is 2.96. The van der Waals surface area contributed by atoms with Gasteiger partial charge in [-0.15, -0.1) is 6.42 Å². The lowest BCUT2D eigenvalue weighted by Crippen LogP contribution is -2.26. The van der Waals surface area contributed by atoms with Crippen LogP contribution in [0, 0.1) is 18.3 Å². The van der Waals surface area contributed by atoms with Gasteiger partial charge in [-0.2, -0.15) is 0 Å². The van der Waals surface area contributed by atoms with E-state index in [1.165, 1.54) is 0 Å². The van der Waals surface area contributed by atoms with Gasteiger partial charge in [-0.1, -0.05) is 20.8 Å². The standard InChI is InChI=1S/C8H11NO.C2H6/c1-3-8(10)9-5-4-7(2)6-9;1-2/h1,7H,4-6H2,2H3;1-2H3. The third-order valence-corrected chi connectivity index (χ3v) is 1.83. The Morgan fingerprint density at radius 3 is 2.50 bits per heavy atom. The molecule has 2 nitrogen and oxygen atoms in total. The number of amides is 1. The fourth-order valence-electron chi connectivity index (χ4n) is 1.21. The number of hydrogen-bond donors (Lipinski definition) is 0. The summed E-state index contributed by atoms with van der Waals surface area (Å²) < 4.78 is 0. The van der Waals surface area contributed by atoms with Crippen molar-refractivity contribution >= 4 is 5.91 Å². The van der Waals surface area contributed by atoms with E-state index >= 15 is 0 Å². The van der Waals surface area contributed by atoms with Crippen LogP contribution in [-0.4, -0.2) is 23.9 Å². The van der Waals surface area contributed by atoms with Gasteiger partial charge in [0.05, 0.1) is 0 Å². The molecular formula is C10H17NO. The lowest BCUT2D eigenvalue weighted by molar-refractivity contribution is -0.124. The predicted molar refractivity (Wildman–Crippen MR) is 50.5 cm³/mol. The lowest BCUT2D eigenvalue weighted by atomic mass is 10.2. The van der Waals surface area contributed by atoms with E-state index in [1.807, 2.05) is 13.8 Å². The highest BCUT2D eigenvalue weighted by Gasteiger charge is 2.21. The lowest BCUT2D eigenvalue weighted by Gasteiger charge is -2.10. The molecule has 1 aliphatic heterocycles. The summed E-state index contributed by atoms with van der Waals surface area (Å²) in [6, 6.07) is 0. The molecule has 0 aromatic carbocycles. The van der Waals surface area contributed by atoms with Crippen LogP contribution in [0.25, 0.3) is 0 Å². The molecule has 1 atom stereocenters. The number of rotatable bonds is 0. The fourth-order valence-corrected chi connectivity index (χ4v) is 1.21. The SMILES string of the molecule is C#CC(=O)N1CCC(C)C1.CC. The summed E-state index contributed by atoms with van der Waals surface area (Å²) in [6.45, 7) is 7.80. The van der Waals surface area contributed by atoms with Crippen molar-refractivity contribution in [1.82, 2.24) is 4.90 Å². The van der Waals surface area contributed by atoms with Crippen molar-refractivity contribution in [3.05, 3.63) is 0 Å². The molecule has 0 spiro atoms. The molecule has 0 aromatic heterocycles. The Morgan fingerprint density at radius 1 is 1.58 bits per heavy atom. The molecule has 0 aromatic rings. The highest BCUT2D eigenvalue weighted by Crippen LogP contribution is 2.14. The highest BCUT2D eigenvalue weighted by molar-refractivity contribution is 5.93. The number of carbonyl (C=O) groups excluding carboxylic acids is 1. The minimum absolute atomic E-state index is 0.163. The van der Waals surface area contributed by atoms with Gasteiger partial charge < -0.3 is 4.90 Å². The molecule has 1 saturated heterocycles. The van der Waals surface area contributed by atoms with Crippen LogP contribution in [0.3, 0.4) is 0 Å². The van der Waals surface area contributed by atoms with Gasteiger partial charge in [-0.05, 0) is 18.3 Å². The van der Waals surface area contributed by atoms with E-state index in [0.717, 1.165) is 19.5 Å². The maximum Gasteiger partial charge on any atom is 0.298 e. The largest absolute Gasteiger partial charge is 0.332 e. The molecule has 1 heterocycles. The van der Waals surface area contributed by atoms with Gasteiger partial charge in [0, 0.05) is 13.1 Å². The smallest absolute Gasteiger partial charge is 0.298 e. The summed E-state index contributed by atoms with van der Waals surface area (Å²) in [5, 5.41) is 0. The Bertz CT molecular complexity index is 181. The van der Waals surface area contributed by atoms with Crippen molar-refractivity contribution in [2.45, 2.75) is 27.2 Å². The van der Waals surface area contributed by atoms with Crippen LogP contribution in [0.4, 0.5) is 0 Å². The summed E-state index contributed by atoms with van der Waals surface area (Å²) in [5.41, 5.74) is 0. The first-order valence-electron chi connectivity index (χ1n) is 4.49. The monoisotopic (exact) mass is 167 g/mol. The quantitative estimate of drug-likeness (QED) is 0.501. The minimum atomic E-state index is -0.163. The minimum Gasteiger partial charge on any atom is -0.332 e. The molecule has 1 fully saturated rings. The Labute approximate surface area is 74.9 Å². The molecule has 0 bridgehead atoms. The Kier molecular flexibility index (Phi) is 5.19. The summed E-state index contributed by atoms with van der Waals surface area (Å²) in [4.78, 5) is 12.6. The molecule has 2 heteroatoms. The van der Waals surface area contributed by atoms with Gasteiger partial charge in [0.1, 0.15) is 0 Å². The summed E-state index contributed by atoms with van der Waals surface area (Å²) in [5.74, 6) is 2.57. The highest BCUT2D eigenvalue weighted by atomic mass is 16.2. The summed E-state index contributed by atoms with van der Waals surface area (Å²) in [7, 11) is 0. The molecule has 0 aliphatic carbocycles. The van der Waals surface area contributed by atoms with Crippen molar-refractivity contribution in [2.75, 3.05) is 13.1 Å². The van der Waals surface area contributed by atoms with Crippen LogP contribution in [0.5, 0.6) is 0 Å². The number of carbonyl (C=O) groups is 1. The molecule has 1 aliphatic rings. The molecule has 12 heavy (non-hydrogen) atoms. The van der Waals surface area contributed by atoms with E-state index in [-0.39, 0.29) is 5.91 Å². The third-order valence-electron chi connectivity index (χ3n) is 1.83. The maximum absolute atomic E-state index is 10.8. The zero-order chi connectivity index (χ0) is 9.56. The van der Waals surface area contributed by atoms with Crippen molar-refractivity contribution in [3.63, 3.8) is 0 Å². The molecule has 0 N–H and O–H groups in total. The number of nitrogens with zero attached hydrogens (tertiary/aromatic N) is 1. The first-order chi connectivity index (χ1) is 5.74. The second-order valence-electron chi connectivity index (χ2n) is 2.79. The van der Waals surface area contributed by atoms with Crippen LogP contribution < -0.4 is 0 Å². The Hall–Kier alpha value is -0.970.